The smallest absolute Gasteiger partial charge is 0.338 e. The van der Waals surface area contributed by atoms with E-state index >= 15 is 0 Å². The van der Waals surface area contributed by atoms with Gasteiger partial charge in [0.1, 0.15) is 42.6 Å². The summed E-state index contributed by atoms with van der Waals surface area (Å²) >= 11 is 1.36. The minimum atomic E-state index is -1.70. The number of hydrogen-bond donors (Lipinski definition) is 1. The Labute approximate surface area is 380 Å². The molecule has 15 heteroatoms. The monoisotopic (exact) mass is 904 g/mol. The van der Waals surface area contributed by atoms with Gasteiger partial charge in [-0.1, -0.05) is 117 Å². The predicted molar refractivity (Wildman–Crippen MR) is 235 cm³/mol. The maximum absolute atomic E-state index is 14.2. The van der Waals surface area contributed by atoms with Crippen molar-refractivity contribution < 1.29 is 66.9 Å². The van der Waals surface area contributed by atoms with Crippen LogP contribution in [-0.2, 0) is 42.6 Å². The first-order valence-corrected chi connectivity index (χ1v) is 22.2. The van der Waals surface area contributed by atoms with E-state index in [0.717, 1.165) is 0 Å². The molecule has 3 fully saturated rings. The fraction of sp³-hybridized carbons (Fsp3) is 0.320. The molecule has 5 aromatic carbocycles. The fourth-order valence-electron chi connectivity index (χ4n) is 7.67. The molecule has 8 rings (SSSR count). The summed E-state index contributed by atoms with van der Waals surface area (Å²) in [6.45, 7) is 3.41. The number of fused-ring (bicyclic) bond motifs is 1. The minimum absolute atomic E-state index is 0.00497. The molecule has 5 aromatic rings. The van der Waals surface area contributed by atoms with Gasteiger partial charge in [0.2, 0.25) is 0 Å². The van der Waals surface area contributed by atoms with Crippen molar-refractivity contribution >= 4 is 35.6 Å². The maximum Gasteiger partial charge on any atom is 0.338 e. The summed E-state index contributed by atoms with van der Waals surface area (Å²) in [5, 5.41) is 12.2. The first kappa shape index (κ1) is 45.7. The molecular formula is C50H48O14S. The van der Waals surface area contributed by atoms with Crippen molar-refractivity contribution in [2.75, 3.05) is 13.2 Å². The molecule has 11 atom stereocenters. The van der Waals surface area contributed by atoms with Gasteiger partial charge in [-0.15, -0.1) is 11.8 Å². The van der Waals surface area contributed by atoms with Crippen LogP contribution in [0.2, 0.25) is 0 Å². The van der Waals surface area contributed by atoms with E-state index in [1.54, 1.807) is 84.9 Å². The lowest BCUT2D eigenvalue weighted by molar-refractivity contribution is -0.364. The number of thioether (sulfide) groups is 1. The van der Waals surface area contributed by atoms with Crippen molar-refractivity contribution in [1.82, 2.24) is 0 Å². The van der Waals surface area contributed by atoms with Gasteiger partial charge in [-0.2, -0.15) is 0 Å². The summed E-state index contributed by atoms with van der Waals surface area (Å²) in [6.07, 6.45) is -13.3. The molecule has 0 aromatic heterocycles. The quantitative estimate of drug-likeness (QED) is 0.0894. The van der Waals surface area contributed by atoms with Gasteiger partial charge in [0.25, 0.3) is 0 Å². The number of hydrogen-bond acceptors (Lipinski definition) is 15. The van der Waals surface area contributed by atoms with E-state index in [4.69, 9.17) is 42.6 Å². The van der Waals surface area contributed by atoms with E-state index in [2.05, 4.69) is 0 Å². The van der Waals surface area contributed by atoms with Gasteiger partial charge in [0.05, 0.1) is 28.9 Å². The van der Waals surface area contributed by atoms with Crippen molar-refractivity contribution in [1.29, 1.82) is 0 Å². The minimum Gasteiger partial charge on any atom is -0.459 e. The Balaban J connectivity index is 1.22. The molecule has 338 valence electrons. The Bertz CT molecular complexity index is 2340. The Morgan fingerprint density at radius 3 is 1.55 bits per heavy atom. The molecule has 14 nitrogen and oxygen atoms in total. The first-order valence-electron chi connectivity index (χ1n) is 21.2. The van der Waals surface area contributed by atoms with Crippen LogP contribution in [-0.4, -0.2) is 108 Å². The zero-order valence-corrected chi connectivity index (χ0v) is 36.3. The highest BCUT2D eigenvalue weighted by molar-refractivity contribution is 8.00. The number of aliphatic hydroxyl groups excluding tert-OH is 1. The van der Waals surface area contributed by atoms with Crippen LogP contribution in [0.3, 0.4) is 0 Å². The number of aliphatic hydroxyl groups is 1. The van der Waals surface area contributed by atoms with Crippen LogP contribution in [0.4, 0.5) is 0 Å². The van der Waals surface area contributed by atoms with Crippen LogP contribution >= 0.6 is 11.8 Å². The van der Waals surface area contributed by atoms with Crippen molar-refractivity contribution in [3.63, 3.8) is 0 Å². The lowest BCUT2D eigenvalue weighted by Gasteiger charge is -2.50. The largest absolute Gasteiger partial charge is 0.459 e. The summed E-state index contributed by atoms with van der Waals surface area (Å²) in [6, 6.07) is 41.7. The molecule has 0 radical (unpaired) electrons. The molecule has 0 bridgehead atoms. The zero-order valence-electron chi connectivity index (χ0n) is 35.4. The summed E-state index contributed by atoms with van der Waals surface area (Å²) in [5.74, 6) is -3.30. The van der Waals surface area contributed by atoms with Gasteiger partial charge < -0.3 is 47.7 Å². The first-order chi connectivity index (χ1) is 31.6. The Hall–Kier alpha value is -5.91. The molecule has 3 aliphatic rings. The molecule has 3 aliphatic heterocycles. The van der Waals surface area contributed by atoms with Crippen molar-refractivity contribution in [3.05, 3.63) is 179 Å². The lowest BCUT2D eigenvalue weighted by atomic mass is 9.96. The second kappa shape index (κ2) is 21.4. The Morgan fingerprint density at radius 1 is 0.585 bits per heavy atom. The van der Waals surface area contributed by atoms with Crippen molar-refractivity contribution in [2.24, 2.45) is 0 Å². The summed E-state index contributed by atoms with van der Waals surface area (Å²) in [5.41, 5.74) is 0.497. The van der Waals surface area contributed by atoms with E-state index in [0.29, 0.717) is 5.56 Å². The third-order valence-corrected chi connectivity index (χ3v) is 12.0. The van der Waals surface area contributed by atoms with Gasteiger partial charge in [0, 0.05) is 10.8 Å². The van der Waals surface area contributed by atoms with E-state index in [1.165, 1.54) is 48.2 Å². The molecule has 0 spiro atoms. The molecule has 3 heterocycles. The van der Waals surface area contributed by atoms with Crippen LogP contribution in [0.5, 0.6) is 0 Å². The second-order valence-corrected chi connectivity index (χ2v) is 17.4. The van der Waals surface area contributed by atoms with Gasteiger partial charge in [-0.05, 0) is 48.5 Å². The Kier molecular flexibility index (Phi) is 15.0. The predicted octanol–water partition coefficient (Wildman–Crippen LogP) is 6.97. The number of carbonyl (C=O) groups excluding carboxylic acids is 4. The zero-order chi connectivity index (χ0) is 45.3. The molecule has 65 heavy (non-hydrogen) atoms. The number of rotatable bonds is 14. The van der Waals surface area contributed by atoms with Crippen LogP contribution in [0.1, 0.15) is 67.1 Å². The second-order valence-electron chi connectivity index (χ2n) is 15.7. The standard InChI is InChI=1S/C50H48O14S/c1-30(2)65-50-38(51)41(39-37(59-50)29-57-48(63-39)35-26-16-7-17-27-35)64-49-43(62-47(55)34-24-14-6-15-25-34)42(61-46(54)33-22-12-5-13-23-33)40(60-45(53)32-20-10-4-11-21-32)36(58-49)28-56-44(52)31-18-8-3-9-19-31/h3-27,30,36-43,48-51H,28-29H2,1-2H3. The number of ether oxygens (including phenoxy) is 9. The third-order valence-electron chi connectivity index (χ3n) is 10.8. The molecule has 0 aliphatic carbocycles. The van der Waals surface area contributed by atoms with Crippen molar-refractivity contribution in [2.45, 2.75) is 85.9 Å². The molecule has 11 unspecified atom stereocenters. The Morgan fingerprint density at radius 2 is 1.05 bits per heavy atom. The van der Waals surface area contributed by atoms with Gasteiger partial charge in [-0.3, -0.25) is 0 Å². The summed E-state index contributed by atoms with van der Waals surface area (Å²) < 4.78 is 57.0. The van der Waals surface area contributed by atoms with E-state index in [9.17, 15) is 24.3 Å². The van der Waals surface area contributed by atoms with Gasteiger partial charge >= 0.3 is 23.9 Å². The molecular weight excluding hydrogens is 857 g/mol. The topological polar surface area (TPSA) is 172 Å². The van der Waals surface area contributed by atoms with E-state index in [1.807, 2.05) is 44.2 Å². The maximum atomic E-state index is 14.2. The molecule has 0 saturated carbocycles. The fourth-order valence-corrected chi connectivity index (χ4v) is 8.73. The number of benzene rings is 5. The van der Waals surface area contributed by atoms with Crippen LogP contribution in [0, 0.1) is 0 Å². The summed E-state index contributed by atoms with van der Waals surface area (Å²) in [4.78, 5) is 55.8. The third kappa shape index (κ3) is 11.1. The van der Waals surface area contributed by atoms with Gasteiger partial charge in [0.15, 0.2) is 30.9 Å². The highest BCUT2D eigenvalue weighted by Crippen LogP contribution is 2.41. The summed E-state index contributed by atoms with van der Waals surface area (Å²) in [7, 11) is 0. The SMILES string of the molecule is CC(C)SC1OC2COC(c3ccccc3)OC2C(OC2OC(COC(=O)c3ccccc3)C(OC(=O)c3ccccc3)C(OC(=O)c3ccccc3)C2OC(=O)c2ccccc2)C1O. The van der Waals surface area contributed by atoms with Crippen LogP contribution < -0.4 is 0 Å². The molecule has 1 N–H and O–H groups in total. The van der Waals surface area contributed by atoms with E-state index in [-0.39, 0.29) is 34.1 Å². The average molecular weight is 905 g/mol. The van der Waals surface area contributed by atoms with Crippen LogP contribution in [0.15, 0.2) is 152 Å². The van der Waals surface area contributed by atoms with Gasteiger partial charge in [-0.25, -0.2) is 19.2 Å². The number of carbonyl (C=O) groups is 4. The molecule has 0 amide bonds. The number of esters is 4. The lowest BCUT2D eigenvalue weighted by Crippen LogP contribution is -2.67. The normalized spacial score (nSPS) is 27.4. The van der Waals surface area contributed by atoms with E-state index < -0.39 is 97.3 Å². The van der Waals surface area contributed by atoms with Crippen molar-refractivity contribution in [3.8, 4) is 0 Å². The highest BCUT2D eigenvalue weighted by Gasteiger charge is 2.57. The average Bonchev–Trinajstić information content (AvgIpc) is 3.34. The van der Waals surface area contributed by atoms with Crippen LogP contribution in [0.25, 0.3) is 0 Å². The molecule has 3 saturated heterocycles. The highest BCUT2D eigenvalue weighted by atomic mass is 32.2.